The van der Waals surface area contributed by atoms with Crippen molar-refractivity contribution in [2.75, 3.05) is 13.4 Å². The standard InChI is InChI=1S/C23H24N2O6S/c1-13-7-9-16(10-8-13)23(27)31-22-18(12-24-25(22)4)19(26)17-11-14(2)21(32(6,28)29)15(3)20(17)30-5/h7-12H,1-6H3. The summed E-state index contributed by atoms with van der Waals surface area (Å²) in [6, 6.07) is 8.30. The van der Waals surface area contributed by atoms with Crippen molar-refractivity contribution in [3.05, 3.63) is 69.9 Å². The Hall–Kier alpha value is -3.46. The highest BCUT2D eigenvalue weighted by Gasteiger charge is 2.28. The fraction of sp³-hybridized carbons (Fsp3) is 0.261. The van der Waals surface area contributed by atoms with Crippen molar-refractivity contribution in [1.82, 2.24) is 9.78 Å². The Balaban J connectivity index is 2.06. The first-order valence-electron chi connectivity index (χ1n) is 9.69. The van der Waals surface area contributed by atoms with Gasteiger partial charge in [0, 0.05) is 18.9 Å². The average molecular weight is 457 g/mol. The van der Waals surface area contributed by atoms with Gasteiger partial charge in [-0.2, -0.15) is 5.10 Å². The Morgan fingerprint density at radius 1 is 1.03 bits per heavy atom. The van der Waals surface area contributed by atoms with Crippen molar-refractivity contribution in [2.24, 2.45) is 7.05 Å². The molecule has 3 rings (SSSR count). The second-order valence-electron chi connectivity index (χ2n) is 7.57. The first kappa shape index (κ1) is 23.2. The second kappa shape index (κ2) is 8.58. The Bertz CT molecular complexity index is 1320. The van der Waals surface area contributed by atoms with Gasteiger partial charge in [-0.15, -0.1) is 0 Å². The van der Waals surface area contributed by atoms with Crippen LogP contribution >= 0.6 is 0 Å². The minimum Gasteiger partial charge on any atom is -0.496 e. The lowest BCUT2D eigenvalue weighted by Crippen LogP contribution is -2.15. The molecule has 0 N–H and O–H groups in total. The quantitative estimate of drug-likeness (QED) is 0.414. The van der Waals surface area contributed by atoms with Crippen LogP contribution in [-0.2, 0) is 16.9 Å². The van der Waals surface area contributed by atoms with E-state index in [1.165, 1.54) is 24.1 Å². The zero-order valence-corrected chi connectivity index (χ0v) is 19.5. The van der Waals surface area contributed by atoms with E-state index in [4.69, 9.17) is 9.47 Å². The molecule has 3 aromatic rings. The molecule has 8 nitrogen and oxygen atoms in total. The van der Waals surface area contributed by atoms with Crippen molar-refractivity contribution in [3.63, 3.8) is 0 Å². The first-order chi connectivity index (χ1) is 15.0. The van der Waals surface area contributed by atoms with Crippen LogP contribution in [0.5, 0.6) is 11.6 Å². The van der Waals surface area contributed by atoms with Gasteiger partial charge in [0.05, 0.1) is 29.3 Å². The molecule has 1 heterocycles. The van der Waals surface area contributed by atoms with Gasteiger partial charge in [-0.05, 0) is 44.5 Å². The summed E-state index contributed by atoms with van der Waals surface area (Å²) in [5.41, 5.74) is 2.27. The Morgan fingerprint density at radius 2 is 1.66 bits per heavy atom. The van der Waals surface area contributed by atoms with E-state index in [0.717, 1.165) is 11.8 Å². The lowest BCUT2D eigenvalue weighted by molar-refractivity contribution is 0.0718. The van der Waals surface area contributed by atoms with E-state index in [-0.39, 0.29) is 27.7 Å². The highest BCUT2D eigenvalue weighted by atomic mass is 32.2. The van der Waals surface area contributed by atoms with Crippen molar-refractivity contribution in [1.29, 1.82) is 0 Å². The molecule has 9 heteroatoms. The van der Waals surface area contributed by atoms with Crippen LogP contribution in [0.2, 0.25) is 0 Å². The fourth-order valence-electron chi connectivity index (χ4n) is 3.64. The van der Waals surface area contributed by atoms with Gasteiger partial charge in [0.15, 0.2) is 9.84 Å². The SMILES string of the molecule is COc1c(C(=O)c2cnn(C)c2OC(=O)c2ccc(C)cc2)cc(C)c(S(C)(=O)=O)c1C. The van der Waals surface area contributed by atoms with Gasteiger partial charge in [0.2, 0.25) is 11.7 Å². The van der Waals surface area contributed by atoms with E-state index in [1.54, 1.807) is 45.2 Å². The number of aryl methyl sites for hydroxylation is 3. The molecule has 168 valence electrons. The highest BCUT2D eigenvalue weighted by molar-refractivity contribution is 7.90. The molecule has 32 heavy (non-hydrogen) atoms. The van der Waals surface area contributed by atoms with E-state index in [2.05, 4.69) is 5.10 Å². The molecule has 0 aliphatic carbocycles. The summed E-state index contributed by atoms with van der Waals surface area (Å²) in [6.07, 6.45) is 2.40. The largest absolute Gasteiger partial charge is 0.496 e. The maximum Gasteiger partial charge on any atom is 0.344 e. The van der Waals surface area contributed by atoms with Crippen molar-refractivity contribution in [2.45, 2.75) is 25.7 Å². The molecule has 0 unspecified atom stereocenters. The van der Waals surface area contributed by atoms with Crippen LogP contribution in [0.1, 0.15) is 43.0 Å². The summed E-state index contributed by atoms with van der Waals surface area (Å²) in [7, 11) is -0.621. The van der Waals surface area contributed by atoms with Crippen LogP contribution in [-0.4, -0.2) is 43.3 Å². The average Bonchev–Trinajstić information content (AvgIpc) is 3.06. The Labute approximate surface area is 186 Å². The third kappa shape index (κ3) is 4.29. The number of methoxy groups -OCH3 is 1. The van der Waals surface area contributed by atoms with Gasteiger partial charge in [-0.3, -0.25) is 4.79 Å². The minimum atomic E-state index is -3.53. The maximum absolute atomic E-state index is 13.4. The van der Waals surface area contributed by atoms with Crippen LogP contribution in [0.4, 0.5) is 0 Å². The molecular formula is C23H24N2O6S. The molecule has 0 bridgehead atoms. The third-order valence-electron chi connectivity index (χ3n) is 5.07. The van der Waals surface area contributed by atoms with Crippen molar-refractivity contribution in [3.8, 4) is 11.6 Å². The number of sulfone groups is 1. The van der Waals surface area contributed by atoms with Crippen LogP contribution in [0.25, 0.3) is 0 Å². The lowest BCUT2D eigenvalue weighted by Gasteiger charge is -2.16. The van der Waals surface area contributed by atoms with Crippen LogP contribution < -0.4 is 9.47 Å². The van der Waals surface area contributed by atoms with Gasteiger partial charge in [0.1, 0.15) is 11.3 Å². The highest BCUT2D eigenvalue weighted by Crippen LogP contribution is 2.35. The minimum absolute atomic E-state index is 0.0230. The summed E-state index contributed by atoms with van der Waals surface area (Å²) < 4.78 is 36.6. The predicted octanol–water partition coefficient (Wildman–Crippen LogP) is 3.21. The summed E-state index contributed by atoms with van der Waals surface area (Å²) in [5, 5.41) is 4.06. The zero-order chi connectivity index (χ0) is 23.8. The summed E-state index contributed by atoms with van der Waals surface area (Å²) in [6.45, 7) is 5.10. The number of carbonyl (C=O) groups excluding carboxylic acids is 2. The zero-order valence-electron chi connectivity index (χ0n) is 18.7. The number of esters is 1. The van der Waals surface area contributed by atoms with Gasteiger partial charge in [-0.1, -0.05) is 17.7 Å². The molecule has 0 saturated heterocycles. The number of carbonyl (C=O) groups is 2. The molecule has 0 aliphatic heterocycles. The number of nitrogens with zero attached hydrogens (tertiary/aromatic N) is 2. The van der Waals surface area contributed by atoms with Crippen LogP contribution in [0, 0.1) is 20.8 Å². The van der Waals surface area contributed by atoms with Crippen LogP contribution in [0.15, 0.2) is 41.4 Å². The van der Waals surface area contributed by atoms with Crippen molar-refractivity contribution < 1.29 is 27.5 Å². The lowest BCUT2D eigenvalue weighted by atomic mass is 9.99. The molecule has 0 atom stereocenters. The summed E-state index contributed by atoms with van der Waals surface area (Å²) in [5.74, 6) is -1.02. The Kier molecular flexibility index (Phi) is 6.23. The number of rotatable bonds is 6. The molecule has 0 radical (unpaired) electrons. The van der Waals surface area contributed by atoms with Gasteiger partial charge in [0.25, 0.3) is 0 Å². The molecule has 0 saturated carbocycles. The number of benzene rings is 2. The summed E-state index contributed by atoms with van der Waals surface area (Å²) >= 11 is 0. The van der Waals surface area contributed by atoms with E-state index in [0.29, 0.717) is 16.7 Å². The molecule has 0 amide bonds. The van der Waals surface area contributed by atoms with E-state index in [1.807, 2.05) is 6.92 Å². The third-order valence-corrected chi connectivity index (χ3v) is 6.44. The number of hydrogen-bond donors (Lipinski definition) is 0. The molecular weight excluding hydrogens is 432 g/mol. The number of aromatic nitrogens is 2. The fourth-order valence-corrected chi connectivity index (χ4v) is 4.93. The Morgan fingerprint density at radius 3 is 2.22 bits per heavy atom. The second-order valence-corrected chi connectivity index (χ2v) is 9.52. The topological polar surface area (TPSA) is 105 Å². The maximum atomic E-state index is 13.4. The first-order valence-corrected chi connectivity index (χ1v) is 11.6. The van der Waals surface area contributed by atoms with Gasteiger partial charge in [-0.25, -0.2) is 17.9 Å². The molecule has 0 spiro atoms. The van der Waals surface area contributed by atoms with Gasteiger partial charge >= 0.3 is 5.97 Å². The number of hydrogen-bond acceptors (Lipinski definition) is 7. The van der Waals surface area contributed by atoms with E-state index in [9.17, 15) is 18.0 Å². The monoisotopic (exact) mass is 456 g/mol. The smallest absolute Gasteiger partial charge is 0.344 e. The van der Waals surface area contributed by atoms with E-state index >= 15 is 0 Å². The number of ether oxygens (including phenoxy) is 2. The molecule has 1 aromatic heterocycles. The molecule has 2 aromatic carbocycles. The van der Waals surface area contributed by atoms with Crippen molar-refractivity contribution >= 4 is 21.6 Å². The summed E-state index contributed by atoms with van der Waals surface area (Å²) in [4.78, 5) is 26.1. The molecule has 0 fully saturated rings. The number of ketones is 1. The van der Waals surface area contributed by atoms with Crippen LogP contribution in [0.3, 0.4) is 0 Å². The predicted molar refractivity (Wildman–Crippen MR) is 118 cm³/mol. The molecule has 0 aliphatic rings. The normalized spacial score (nSPS) is 11.3. The van der Waals surface area contributed by atoms with E-state index < -0.39 is 21.6 Å². The van der Waals surface area contributed by atoms with Gasteiger partial charge < -0.3 is 9.47 Å².